The van der Waals surface area contributed by atoms with Crippen molar-refractivity contribution in [3.05, 3.63) is 65.0 Å². The van der Waals surface area contributed by atoms with Gasteiger partial charge in [0, 0.05) is 16.5 Å². The van der Waals surface area contributed by atoms with E-state index in [-0.39, 0.29) is 18.6 Å². The Bertz CT molecular complexity index is 1140. The molecular weight excluding hydrogens is 388 g/mol. The molecule has 0 unspecified atom stereocenters. The molecule has 7 nitrogen and oxygen atoms in total. The number of aryl methyl sites for hydroxylation is 2. The van der Waals surface area contributed by atoms with Gasteiger partial charge in [0.1, 0.15) is 0 Å². The highest BCUT2D eigenvalue weighted by Crippen LogP contribution is 2.26. The van der Waals surface area contributed by atoms with Gasteiger partial charge in [-0.05, 0) is 43.2 Å². The predicted octanol–water partition coefficient (Wildman–Crippen LogP) is 4.49. The van der Waals surface area contributed by atoms with Crippen molar-refractivity contribution in [2.24, 2.45) is 0 Å². The van der Waals surface area contributed by atoms with Gasteiger partial charge in [0.05, 0.1) is 5.69 Å². The summed E-state index contributed by atoms with van der Waals surface area (Å²) in [6.45, 7) is 3.87. The molecule has 29 heavy (non-hydrogen) atoms. The first-order valence-electron chi connectivity index (χ1n) is 8.93. The van der Waals surface area contributed by atoms with Crippen LogP contribution in [0.5, 0.6) is 6.08 Å². The average molecular weight is 406 g/mol. The van der Waals surface area contributed by atoms with Gasteiger partial charge < -0.3 is 9.15 Å². The second-order valence-electron chi connectivity index (χ2n) is 6.41. The zero-order valence-electron chi connectivity index (χ0n) is 15.9. The second-order valence-corrected chi connectivity index (χ2v) is 7.27. The van der Waals surface area contributed by atoms with Gasteiger partial charge in [0.2, 0.25) is 0 Å². The van der Waals surface area contributed by atoms with Gasteiger partial charge in [-0.1, -0.05) is 35.4 Å². The number of hydrogen-bond acceptors (Lipinski definition) is 7. The topological polar surface area (TPSA) is 90.1 Å². The monoisotopic (exact) mass is 406 g/mol. The van der Waals surface area contributed by atoms with E-state index in [1.165, 1.54) is 22.5 Å². The first-order valence-corrected chi connectivity index (χ1v) is 9.81. The Morgan fingerprint density at radius 1 is 1.07 bits per heavy atom. The predicted molar refractivity (Wildman–Crippen MR) is 111 cm³/mol. The lowest BCUT2D eigenvalue weighted by atomic mass is 10.1. The van der Waals surface area contributed by atoms with Crippen molar-refractivity contribution in [3.63, 3.8) is 0 Å². The molecule has 4 aromatic rings. The van der Waals surface area contributed by atoms with Crippen LogP contribution >= 0.6 is 11.3 Å². The number of ether oxygens (including phenoxy) is 1. The number of carbonyl (C=O) groups is 1. The minimum atomic E-state index is -0.356. The Morgan fingerprint density at radius 2 is 1.90 bits per heavy atom. The van der Waals surface area contributed by atoms with E-state index >= 15 is 0 Å². The minimum Gasteiger partial charge on any atom is -0.439 e. The Morgan fingerprint density at radius 3 is 2.69 bits per heavy atom. The number of hydrogen-bond donors (Lipinski definition) is 1. The third-order valence-corrected chi connectivity index (χ3v) is 5.06. The zero-order chi connectivity index (χ0) is 20.2. The lowest BCUT2D eigenvalue weighted by Gasteiger charge is -2.03. The van der Waals surface area contributed by atoms with E-state index in [2.05, 4.69) is 46.5 Å². The largest absolute Gasteiger partial charge is 0.439 e. The van der Waals surface area contributed by atoms with E-state index in [0.29, 0.717) is 11.0 Å². The van der Waals surface area contributed by atoms with E-state index < -0.39 is 0 Å². The lowest BCUT2D eigenvalue weighted by molar-refractivity contribution is -0.118. The molecule has 0 bridgehead atoms. The average Bonchev–Trinajstić information content (AvgIpc) is 3.39. The zero-order valence-corrected chi connectivity index (χ0v) is 16.7. The second kappa shape index (κ2) is 8.24. The van der Waals surface area contributed by atoms with Crippen molar-refractivity contribution in [1.82, 2.24) is 15.2 Å². The number of rotatable bonds is 6. The number of thiazole rings is 1. The SMILES string of the molecule is Cc1ccc(-c2csc(NC(=O)COc3nnc(-c4ccccc4)o3)n2)cc1C. The van der Waals surface area contributed by atoms with E-state index in [9.17, 15) is 4.79 Å². The third-order valence-electron chi connectivity index (χ3n) is 4.31. The Hall–Kier alpha value is -3.52. The fraction of sp³-hybridized carbons (Fsp3) is 0.143. The number of anilines is 1. The van der Waals surface area contributed by atoms with Crippen LogP contribution in [0.4, 0.5) is 5.13 Å². The molecule has 0 aliphatic rings. The lowest BCUT2D eigenvalue weighted by Crippen LogP contribution is -2.20. The minimum absolute atomic E-state index is 0.0611. The van der Waals surface area contributed by atoms with Gasteiger partial charge in [0.25, 0.3) is 11.8 Å². The summed E-state index contributed by atoms with van der Waals surface area (Å²) in [4.78, 5) is 16.6. The Kier molecular flexibility index (Phi) is 5.35. The van der Waals surface area contributed by atoms with Crippen LogP contribution in [-0.4, -0.2) is 27.7 Å². The van der Waals surface area contributed by atoms with Gasteiger partial charge >= 0.3 is 6.08 Å². The summed E-state index contributed by atoms with van der Waals surface area (Å²) in [6, 6.07) is 15.5. The summed E-state index contributed by atoms with van der Waals surface area (Å²) in [5, 5.41) is 12.8. The van der Waals surface area contributed by atoms with Crippen LogP contribution in [0.3, 0.4) is 0 Å². The molecule has 0 saturated heterocycles. The van der Waals surface area contributed by atoms with Crippen LogP contribution in [0.2, 0.25) is 0 Å². The molecule has 0 atom stereocenters. The quantitative estimate of drug-likeness (QED) is 0.507. The normalized spacial score (nSPS) is 10.7. The van der Waals surface area contributed by atoms with Gasteiger partial charge in [-0.2, -0.15) is 0 Å². The molecule has 146 valence electrons. The molecular formula is C21H18N4O3S. The summed E-state index contributed by atoms with van der Waals surface area (Å²) in [5.41, 5.74) is 5.04. The van der Waals surface area contributed by atoms with E-state index in [1.807, 2.05) is 41.8 Å². The highest BCUT2D eigenvalue weighted by Gasteiger charge is 2.13. The van der Waals surface area contributed by atoms with E-state index in [1.54, 1.807) is 0 Å². The molecule has 1 N–H and O–H groups in total. The fourth-order valence-electron chi connectivity index (χ4n) is 2.61. The molecule has 0 aliphatic heterocycles. The number of nitrogens with zero attached hydrogens (tertiary/aromatic N) is 3. The first-order chi connectivity index (χ1) is 14.1. The van der Waals surface area contributed by atoms with Crippen molar-refractivity contribution < 1.29 is 13.9 Å². The van der Waals surface area contributed by atoms with Crippen LogP contribution in [0.25, 0.3) is 22.7 Å². The number of amides is 1. The smallest absolute Gasteiger partial charge is 0.415 e. The standard InChI is InChI=1S/C21H18N4O3S/c1-13-8-9-16(10-14(13)2)17-12-29-20(22-17)23-18(26)11-27-21-25-24-19(28-21)15-6-4-3-5-7-15/h3-10,12H,11H2,1-2H3,(H,22,23,26). The summed E-state index contributed by atoms with van der Waals surface area (Å²) in [5.74, 6) is -0.0237. The number of aromatic nitrogens is 3. The maximum Gasteiger partial charge on any atom is 0.415 e. The van der Waals surface area contributed by atoms with Crippen molar-refractivity contribution in [2.45, 2.75) is 13.8 Å². The molecule has 0 spiro atoms. The van der Waals surface area contributed by atoms with Gasteiger partial charge in [0.15, 0.2) is 11.7 Å². The highest BCUT2D eigenvalue weighted by molar-refractivity contribution is 7.14. The molecule has 0 radical (unpaired) electrons. The van der Waals surface area contributed by atoms with Crippen molar-refractivity contribution in [2.75, 3.05) is 11.9 Å². The summed E-state index contributed by atoms with van der Waals surface area (Å²) < 4.78 is 10.7. The van der Waals surface area contributed by atoms with E-state index in [4.69, 9.17) is 9.15 Å². The summed E-state index contributed by atoms with van der Waals surface area (Å²) in [7, 11) is 0. The molecule has 0 fully saturated rings. The van der Waals surface area contributed by atoms with Crippen molar-refractivity contribution >= 4 is 22.4 Å². The number of benzene rings is 2. The maximum atomic E-state index is 12.1. The molecule has 2 aromatic heterocycles. The molecule has 0 aliphatic carbocycles. The van der Waals surface area contributed by atoms with Crippen LogP contribution in [-0.2, 0) is 4.79 Å². The molecule has 8 heteroatoms. The van der Waals surface area contributed by atoms with Gasteiger partial charge in [-0.3, -0.25) is 10.1 Å². The highest BCUT2D eigenvalue weighted by atomic mass is 32.1. The molecule has 4 rings (SSSR count). The number of nitrogens with one attached hydrogen (secondary N) is 1. The molecule has 2 heterocycles. The Labute approximate surface area is 171 Å². The molecule has 2 aromatic carbocycles. The summed E-state index contributed by atoms with van der Waals surface area (Å²) in [6.07, 6.45) is -0.0611. The molecule has 0 saturated carbocycles. The van der Waals surface area contributed by atoms with Crippen LogP contribution in [0.1, 0.15) is 11.1 Å². The fourth-order valence-corrected chi connectivity index (χ4v) is 3.35. The maximum absolute atomic E-state index is 12.1. The first kappa shape index (κ1) is 18.8. The van der Waals surface area contributed by atoms with Crippen molar-refractivity contribution in [1.29, 1.82) is 0 Å². The van der Waals surface area contributed by atoms with Crippen LogP contribution in [0.15, 0.2) is 58.3 Å². The number of carbonyl (C=O) groups excluding carboxylic acids is 1. The van der Waals surface area contributed by atoms with Gasteiger partial charge in [-0.15, -0.1) is 16.4 Å². The Balaban J connectivity index is 1.34. The van der Waals surface area contributed by atoms with Crippen LogP contribution in [0, 0.1) is 13.8 Å². The summed E-state index contributed by atoms with van der Waals surface area (Å²) >= 11 is 1.36. The van der Waals surface area contributed by atoms with E-state index in [0.717, 1.165) is 16.8 Å². The molecule has 1 amide bonds. The van der Waals surface area contributed by atoms with Gasteiger partial charge in [-0.25, -0.2) is 4.98 Å². The third kappa shape index (κ3) is 4.49. The van der Waals surface area contributed by atoms with Crippen LogP contribution < -0.4 is 10.1 Å². The van der Waals surface area contributed by atoms with Crippen molar-refractivity contribution in [3.8, 4) is 28.8 Å².